The van der Waals surface area contributed by atoms with Crippen LogP contribution in [-0.2, 0) is 6.54 Å². The molecule has 2 aromatic rings. The van der Waals surface area contributed by atoms with Crippen LogP contribution < -0.4 is 5.32 Å². The van der Waals surface area contributed by atoms with Gasteiger partial charge in [0.05, 0.1) is 5.69 Å². The average Bonchev–Trinajstić information content (AvgIpc) is 2.71. The summed E-state index contributed by atoms with van der Waals surface area (Å²) >= 11 is 0. The van der Waals surface area contributed by atoms with Crippen molar-refractivity contribution in [3.63, 3.8) is 0 Å². The van der Waals surface area contributed by atoms with Crippen molar-refractivity contribution in [1.29, 1.82) is 0 Å². The molecule has 18 heavy (non-hydrogen) atoms. The van der Waals surface area contributed by atoms with Crippen LogP contribution in [0.15, 0.2) is 18.2 Å². The number of nitrogens with one attached hydrogen (secondary N) is 1. The molecule has 0 bridgehead atoms. The Bertz CT molecular complexity index is 601. The quantitative estimate of drug-likeness (QED) is 0.836. The van der Waals surface area contributed by atoms with E-state index in [0.29, 0.717) is 5.56 Å². The molecule has 3 nitrogen and oxygen atoms in total. The van der Waals surface area contributed by atoms with Crippen molar-refractivity contribution in [2.45, 2.75) is 26.8 Å². The van der Waals surface area contributed by atoms with Gasteiger partial charge in [-0.25, -0.2) is 9.37 Å². The fourth-order valence-corrected chi connectivity index (χ4v) is 2.45. The number of fused-ring (bicyclic) bond motifs is 1. The topological polar surface area (TPSA) is 29.9 Å². The Morgan fingerprint density at radius 3 is 2.89 bits per heavy atom. The summed E-state index contributed by atoms with van der Waals surface area (Å²) in [7, 11) is 0. The minimum absolute atomic E-state index is 0.168. The summed E-state index contributed by atoms with van der Waals surface area (Å²) in [5, 5.41) is 3.30. The Morgan fingerprint density at radius 1 is 1.33 bits per heavy atom. The second-order valence-electron chi connectivity index (χ2n) is 4.77. The summed E-state index contributed by atoms with van der Waals surface area (Å²) in [5.41, 5.74) is 3.73. The van der Waals surface area contributed by atoms with Gasteiger partial charge in [0.15, 0.2) is 0 Å². The zero-order valence-electron chi connectivity index (χ0n) is 10.6. The van der Waals surface area contributed by atoms with Gasteiger partial charge in [-0.05, 0) is 44.0 Å². The van der Waals surface area contributed by atoms with E-state index in [2.05, 4.69) is 21.8 Å². The lowest BCUT2D eigenvalue weighted by Crippen LogP contribution is -2.17. The molecule has 3 rings (SSSR count). The fourth-order valence-electron chi connectivity index (χ4n) is 2.45. The summed E-state index contributed by atoms with van der Waals surface area (Å²) < 4.78 is 15.5. The second-order valence-corrected chi connectivity index (χ2v) is 4.77. The molecule has 94 valence electrons. The highest BCUT2D eigenvalue weighted by molar-refractivity contribution is 5.65. The number of benzene rings is 1. The van der Waals surface area contributed by atoms with Gasteiger partial charge in [0.2, 0.25) is 5.95 Å². The molecule has 0 saturated heterocycles. The molecule has 1 aliphatic heterocycles. The number of halogens is 1. The number of imidazole rings is 1. The third-order valence-electron chi connectivity index (χ3n) is 3.49. The third-order valence-corrected chi connectivity index (χ3v) is 3.49. The van der Waals surface area contributed by atoms with E-state index in [1.54, 1.807) is 13.0 Å². The standard InChI is InChI=1S/C14H16FN3/c1-9-8-11(4-5-12(9)15)13-10(2)18-7-3-6-16-14(18)17-13/h4-5,8H,3,6-7H2,1-2H3,(H,16,17). The normalized spacial score (nSPS) is 14.2. The zero-order chi connectivity index (χ0) is 12.7. The molecule has 0 aliphatic carbocycles. The molecular weight excluding hydrogens is 229 g/mol. The first-order valence-electron chi connectivity index (χ1n) is 6.24. The highest BCUT2D eigenvalue weighted by atomic mass is 19.1. The maximum absolute atomic E-state index is 13.3. The van der Waals surface area contributed by atoms with Gasteiger partial charge in [-0.2, -0.15) is 0 Å². The molecule has 0 amide bonds. The van der Waals surface area contributed by atoms with Crippen LogP contribution in [0.2, 0.25) is 0 Å². The highest BCUT2D eigenvalue weighted by Gasteiger charge is 2.17. The molecule has 0 saturated carbocycles. The zero-order valence-corrected chi connectivity index (χ0v) is 10.6. The lowest BCUT2D eigenvalue weighted by atomic mass is 10.1. The van der Waals surface area contributed by atoms with E-state index in [4.69, 9.17) is 0 Å². The number of hydrogen-bond acceptors (Lipinski definition) is 2. The largest absolute Gasteiger partial charge is 0.356 e. The van der Waals surface area contributed by atoms with Gasteiger partial charge in [0.25, 0.3) is 0 Å². The molecule has 1 aromatic carbocycles. The monoisotopic (exact) mass is 245 g/mol. The van der Waals surface area contributed by atoms with Crippen molar-refractivity contribution in [1.82, 2.24) is 9.55 Å². The number of rotatable bonds is 1. The Balaban J connectivity index is 2.11. The lowest BCUT2D eigenvalue weighted by molar-refractivity contribution is 0.615. The Hall–Kier alpha value is -1.84. The van der Waals surface area contributed by atoms with E-state index in [1.165, 1.54) is 6.07 Å². The summed E-state index contributed by atoms with van der Waals surface area (Å²) in [6.07, 6.45) is 1.12. The van der Waals surface area contributed by atoms with Crippen molar-refractivity contribution in [2.75, 3.05) is 11.9 Å². The van der Waals surface area contributed by atoms with Crippen LogP contribution in [-0.4, -0.2) is 16.1 Å². The first-order valence-corrected chi connectivity index (χ1v) is 6.24. The molecule has 1 aliphatic rings. The summed E-state index contributed by atoms with van der Waals surface area (Å²) in [6, 6.07) is 5.16. The molecule has 4 heteroatoms. The molecule has 0 fully saturated rings. The minimum atomic E-state index is -0.168. The first kappa shape index (κ1) is 11.3. The van der Waals surface area contributed by atoms with E-state index in [1.807, 2.05) is 6.07 Å². The van der Waals surface area contributed by atoms with Crippen LogP contribution in [0, 0.1) is 19.7 Å². The molecule has 0 radical (unpaired) electrons. The highest BCUT2D eigenvalue weighted by Crippen LogP contribution is 2.28. The van der Waals surface area contributed by atoms with Crippen LogP contribution in [0.1, 0.15) is 17.7 Å². The lowest BCUT2D eigenvalue weighted by Gasteiger charge is -2.16. The van der Waals surface area contributed by atoms with Gasteiger partial charge in [0, 0.05) is 24.3 Å². The Kier molecular flexibility index (Phi) is 2.58. The number of anilines is 1. The van der Waals surface area contributed by atoms with Crippen molar-refractivity contribution in [3.05, 3.63) is 35.3 Å². The van der Waals surface area contributed by atoms with Crippen molar-refractivity contribution >= 4 is 5.95 Å². The van der Waals surface area contributed by atoms with E-state index in [0.717, 1.165) is 42.4 Å². The second kappa shape index (κ2) is 4.12. The van der Waals surface area contributed by atoms with Gasteiger partial charge >= 0.3 is 0 Å². The van der Waals surface area contributed by atoms with Gasteiger partial charge in [-0.15, -0.1) is 0 Å². The first-order chi connectivity index (χ1) is 8.66. The van der Waals surface area contributed by atoms with Crippen LogP contribution in [0.5, 0.6) is 0 Å². The van der Waals surface area contributed by atoms with Gasteiger partial charge in [0.1, 0.15) is 5.82 Å². The molecular formula is C14H16FN3. The number of aromatic nitrogens is 2. The van der Waals surface area contributed by atoms with Gasteiger partial charge in [-0.1, -0.05) is 0 Å². The maximum atomic E-state index is 13.3. The predicted molar refractivity (Wildman–Crippen MR) is 70.2 cm³/mol. The minimum Gasteiger partial charge on any atom is -0.356 e. The molecule has 0 unspecified atom stereocenters. The van der Waals surface area contributed by atoms with Crippen LogP contribution in [0.25, 0.3) is 11.3 Å². The van der Waals surface area contributed by atoms with Crippen LogP contribution in [0.3, 0.4) is 0 Å². The van der Waals surface area contributed by atoms with E-state index >= 15 is 0 Å². The average molecular weight is 245 g/mol. The summed E-state index contributed by atoms with van der Waals surface area (Å²) in [5.74, 6) is 0.759. The van der Waals surface area contributed by atoms with Gasteiger partial charge in [-0.3, -0.25) is 0 Å². The molecule has 0 atom stereocenters. The third kappa shape index (κ3) is 1.68. The number of nitrogens with zero attached hydrogens (tertiary/aromatic N) is 2. The van der Waals surface area contributed by atoms with Gasteiger partial charge < -0.3 is 9.88 Å². The molecule has 0 spiro atoms. The predicted octanol–water partition coefficient (Wildman–Crippen LogP) is 3.12. The maximum Gasteiger partial charge on any atom is 0.203 e. The smallest absolute Gasteiger partial charge is 0.203 e. The number of hydrogen-bond donors (Lipinski definition) is 1. The summed E-state index contributed by atoms with van der Waals surface area (Å²) in [6.45, 7) is 5.82. The van der Waals surface area contributed by atoms with Crippen molar-refractivity contribution in [3.8, 4) is 11.3 Å². The van der Waals surface area contributed by atoms with E-state index < -0.39 is 0 Å². The van der Waals surface area contributed by atoms with Crippen LogP contribution >= 0.6 is 0 Å². The Morgan fingerprint density at radius 2 is 2.17 bits per heavy atom. The fraction of sp³-hybridized carbons (Fsp3) is 0.357. The number of aryl methyl sites for hydroxylation is 1. The summed E-state index contributed by atoms with van der Waals surface area (Å²) in [4.78, 5) is 4.62. The van der Waals surface area contributed by atoms with E-state index in [-0.39, 0.29) is 5.82 Å². The van der Waals surface area contributed by atoms with E-state index in [9.17, 15) is 4.39 Å². The van der Waals surface area contributed by atoms with Crippen molar-refractivity contribution < 1.29 is 4.39 Å². The molecule has 1 aromatic heterocycles. The molecule has 2 heterocycles. The Labute approximate surface area is 106 Å². The molecule has 1 N–H and O–H groups in total. The van der Waals surface area contributed by atoms with Crippen LogP contribution in [0.4, 0.5) is 10.3 Å². The van der Waals surface area contributed by atoms with Crippen molar-refractivity contribution in [2.24, 2.45) is 0 Å². The SMILES string of the molecule is Cc1cc(-c2nc3n(c2C)CCCN3)ccc1F.